The summed E-state index contributed by atoms with van der Waals surface area (Å²) in [5.74, 6) is -1.31. The fraction of sp³-hybridized carbons (Fsp3) is 0.333. The van der Waals surface area contributed by atoms with Crippen molar-refractivity contribution >= 4 is 23.5 Å². The quantitative estimate of drug-likeness (QED) is 0.743. The largest absolute Gasteiger partial charge is 0.465 e. The maximum absolute atomic E-state index is 12.5. The Morgan fingerprint density at radius 3 is 2.64 bits per heavy atom. The first kappa shape index (κ1) is 19.5. The number of hydrogen-bond acceptors (Lipinski definition) is 5. The number of ether oxygens (including phenoxy) is 1. The van der Waals surface area contributed by atoms with Crippen LogP contribution < -0.4 is 5.32 Å². The van der Waals surface area contributed by atoms with Gasteiger partial charge in [0.25, 0.3) is 0 Å². The van der Waals surface area contributed by atoms with Crippen LogP contribution in [-0.2, 0) is 20.7 Å². The van der Waals surface area contributed by atoms with Crippen molar-refractivity contribution < 1.29 is 19.1 Å². The Labute approximate surface area is 163 Å². The highest BCUT2D eigenvalue weighted by molar-refractivity contribution is 6.00. The van der Waals surface area contributed by atoms with Crippen LogP contribution >= 0.6 is 0 Å². The number of methoxy groups -OCH3 is 1. The fourth-order valence-corrected chi connectivity index (χ4v) is 3.07. The third-order valence-electron chi connectivity index (χ3n) is 4.86. The number of aromatic nitrogens is 1. The summed E-state index contributed by atoms with van der Waals surface area (Å²) in [6, 6.07) is 10.4. The predicted molar refractivity (Wildman–Crippen MR) is 104 cm³/mol. The molecular formula is C21H23N3O4. The highest BCUT2D eigenvalue weighted by Gasteiger charge is 2.49. The monoisotopic (exact) mass is 381 g/mol. The maximum Gasteiger partial charge on any atom is 0.337 e. The lowest BCUT2D eigenvalue weighted by Crippen LogP contribution is -2.31. The van der Waals surface area contributed by atoms with Crippen molar-refractivity contribution in [2.24, 2.45) is 11.8 Å². The van der Waals surface area contributed by atoms with Gasteiger partial charge >= 0.3 is 5.97 Å². The number of pyridine rings is 1. The maximum atomic E-state index is 12.5. The molecule has 1 aromatic heterocycles. The Bertz CT molecular complexity index is 869. The van der Waals surface area contributed by atoms with Gasteiger partial charge in [-0.2, -0.15) is 0 Å². The zero-order valence-electron chi connectivity index (χ0n) is 15.9. The fourth-order valence-electron chi connectivity index (χ4n) is 3.07. The van der Waals surface area contributed by atoms with Crippen molar-refractivity contribution in [1.82, 2.24) is 9.88 Å². The van der Waals surface area contributed by atoms with Gasteiger partial charge in [-0.15, -0.1) is 0 Å². The second-order valence-electron chi connectivity index (χ2n) is 6.88. The highest BCUT2D eigenvalue weighted by atomic mass is 16.5. The van der Waals surface area contributed by atoms with E-state index in [-0.39, 0.29) is 23.7 Å². The van der Waals surface area contributed by atoms with Gasteiger partial charge < -0.3 is 15.0 Å². The third-order valence-corrected chi connectivity index (χ3v) is 4.86. The van der Waals surface area contributed by atoms with Gasteiger partial charge in [0.15, 0.2) is 0 Å². The molecule has 1 N–H and O–H groups in total. The van der Waals surface area contributed by atoms with Gasteiger partial charge in [0.05, 0.1) is 24.5 Å². The van der Waals surface area contributed by atoms with Crippen LogP contribution in [0.1, 0.15) is 22.3 Å². The van der Waals surface area contributed by atoms with E-state index >= 15 is 0 Å². The average molecular weight is 381 g/mol. The molecule has 1 fully saturated rings. The topological polar surface area (TPSA) is 88.6 Å². The summed E-state index contributed by atoms with van der Waals surface area (Å²) >= 11 is 0. The number of nitrogens with one attached hydrogen (secondary N) is 1. The normalized spacial score (nSPS) is 17.5. The van der Waals surface area contributed by atoms with Crippen molar-refractivity contribution in [2.75, 3.05) is 26.0 Å². The minimum absolute atomic E-state index is 0.0162. The molecule has 7 heteroatoms. The van der Waals surface area contributed by atoms with Gasteiger partial charge in [0.1, 0.15) is 0 Å². The molecule has 3 rings (SSSR count). The molecule has 0 bridgehead atoms. The van der Waals surface area contributed by atoms with Crippen molar-refractivity contribution in [3.63, 3.8) is 0 Å². The van der Waals surface area contributed by atoms with Gasteiger partial charge in [0, 0.05) is 31.7 Å². The van der Waals surface area contributed by atoms with E-state index in [1.165, 1.54) is 7.11 Å². The van der Waals surface area contributed by atoms with Crippen LogP contribution in [0.5, 0.6) is 0 Å². The van der Waals surface area contributed by atoms with Crippen LogP contribution in [-0.4, -0.2) is 48.4 Å². The minimum Gasteiger partial charge on any atom is -0.465 e. The number of anilines is 1. The van der Waals surface area contributed by atoms with Crippen molar-refractivity contribution in [3.05, 3.63) is 59.9 Å². The summed E-state index contributed by atoms with van der Waals surface area (Å²) in [7, 11) is 3.07. The Morgan fingerprint density at radius 2 is 1.93 bits per heavy atom. The second kappa shape index (κ2) is 8.65. The lowest BCUT2D eigenvalue weighted by molar-refractivity contribution is -0.132. The number of carbonyl (C=O) groups is 3. The van der Waals surface area contributed by atoms with Gasteiger partial charge in [-0.05, 0) is 48.7 Å². The molecule has 1 aliphatic rings. The number of carbonyl (C=O) groups excluding carboxylic acids is 3. The number of hydrogen-bond donors (Lipinski definition) is 1. The zero-order chi connectivity index (χ0) is 20.1. The highest BCUT2D eigenvalue weighted by Crippen LogP contribution is 2.40. The molecular weight excluding hydrogens is 358 g/mol. The number of esters is 1. The van der Waals surface area contributed by atoms with E-state index in [4.69, 9.17) is 0 Å². The standard InChI is InChI=1S/C21H23N3O4/c1-24(11-8-14-6-9-22-10-7-14)20(26)18-13-17(18)19(25)23-16-5-3-4-15(12-16)21(27)28-2/h3-7,9-10,12,17-18H,8,11,13H2,1-2H3,(H,23,25). The Balaban J connectivity index is 1.50. The second-order valence-corrected chi connectivity index (χ2v) is 6.88. The molecule has 1 aliphatic carbocycles. The molecule has 7 nitrogen and oxygen atoms in total. The molecule has 1 saturated carbocycles. The SMILES string of the molecule is COC(=O)c1cccc(NC(=O)C2CC2C(=O)N(C)CCc2ccncc2)c1. The summed E-state index contributed by atoms with van der Waals surface area (Å²) in [5, 5.41) is 2.78. The summed E-state index contributed by atoms with van der Waals surface area (Å²) < 4.78 is 4.68. The lowest BCUT2D eigenvalue weighted by Gasteiger charge is -2.17. The molecule has 0 radical (unpaired) electrons. The minimum atomic E-state index is -0.466. The molecule has 2 amide bonds. The number of nitrogens with zero attached hydrogens (tertiary/aromatic N) is 2. The van der Waals surface area contributed by atoms with E-state index in [2.05, 4.69) is 15.0 Å². The average Bonchev–Trinajstić information content (AvgIpc) is 3.53. The van der Waals surface area contributed by atoms with Gasteiger partial charge in [0.2, 0.25) is 11.8 Å². The van der Waals surface area contributed by atoms with E-state index in [1.807, 2.05) is 12.1 Å². The van der Waals surface area contributed by atoms with Crippen LogP contribution in [0, 0.1) is 11.8 Å². The van der Waals surface area contributed by atoms with Gasteiger partial charge in [-0.3, -0.25) is 14.6 Å². The molecule has 2 aromatic rings. The molecule has 2 atom stereocenters. The van der Waals surface area contributed by atoms with Crippen molar-refractivity contribution in [1.29, 1.82) is 0 Å². The molecule has 28 heavy (non-hydrogen) atoms. The van der Waals surface area contributed by atoms with Crippen LogP contribution in [0.15, 0.2) is 48.8 Å². The van der Waals surface area contributed by atoms with Crippen LogP contribution in [0.3, 0.4) is 0 Å². The van der Waals surface area contributed by atoms with E-state index in [0.29, 0.717) is 24.2 Å². The Hall–Kier alpha value is -3.22. The number of likely N-dealkylation sites (N-methyl/N-ethyl adjacent to an activating group) is 1. The van der Waals surface area contributed by atoms with Crippen molar-refractivity contribution in [3.8, 4) is 0 Å². The van der Waals surface area contributed by atoms with Crippen LogP contribution in [0.25, 0.3) is 0 Å². The summed E-state index contributed by atoms with van der Waals surface area (Å²) in [6.45, 7) is 0.592. The lowest BCUT2D eigenvalue weighted by atomic mass is 10.2. The summed E-state index contributed by atoms with van der Waals surface area (Å²) in [6.07, 6.45) is 4.75. The summed E-state index contributed by atoms with van der Waals surface area (Å²) in [4.78, 5) is 42.2. The molecule has 1 heterocycles. The molecule has 0 spiro atoms. The molecule has 146 valence electrons. The molecule has 1 aromatic carbocycles. The zero-order valence-corrected chi connectivity index (χ0v) is 15.9. The Morgan fingerprint density at radius 1 is 1.18 bits per heavy atom. The van der Waals surface area contributed by atoms with E-state index < -0.39 is 5.97 Å². The smallest absolute Gasteiger partial charge is 0.337 e. The van der Waals surface area contributed by atoms with E-state index in [0.717, 1.165) is 12.0 Å². The molecule has 2 unspecified atom stereocenters. The number of rotatable bonds is 7. The number of amides is 2. The van der Waals surface area contributed by atoms with Gasteiger partial charge in [-0.1, -0.05) is 6.07 Å². The van der Waals surface area contributed by atoms with Gasteiger partial charge in [-0.25, -0.2) is 4.79 Å². The first-order valence-electron chi connectivity index (χ1n) is 9.12. The number of benzene rings is 1. The van der Waals surface area contributed by atoms with Crippen LogP contribution in [0.4, 0.5) is 5.69 Å². The first-order valence-corrected chi connectivity index (χ1v) is 9.12. The molecule has 0 saturated heterocycles. The third kappa shape index (κ3) is 4.73. The Kier molecular flexibility index (Phi) is 6.03. The van der Waals surface area contributed by atoms with E-state index in [9.17, 15) is 14.4 Å². The molecule has 0 aliphatic heterocycles. The van der Waals surface area contributed by atoms with E-state index in [1.54, 1.807) is 48.6 Å². The first-order chi connectivity index (χ1) is 13.5. The summed E-state index contributed by atoms with van der Waals surface area (Å²) in [5.41, 5.74) is 1.99. The van der Waals surface area contributed by atoms with Crippen LogP contribution in [0.2, 0.25) is 0 Å². The van der Waals surface area contributed by atoms with Crippen molar-refractivity contribution in [2.45, 2.75) is 12.8 Å². The predicted octanol–water partition coefficient (Wildman–Crippen LogP) is 2.14.